The van der Waals surface area contributed by atoms with Crippen LogP contribution in [-0.4, -0.2) is 6.18 Å². The Morgan fingerprint density at radius 1 is 1.23 bits per heavy atom. The maximum Gasteiger partial charge on any atom is 0.412 e. The molecule has 0 spiro atoms. The highest BCUT2D eigenvalue weighted by molar-refractivity contribution is 5.26. The van der Waals surface area contributed by atoms with Crippen molar-refractivity contribution >= 4 is 0 Å². The molecule has 0 aromatic rings. The third-order valence-electron chi connectivity index (χ3n) is 1.59. The fraction of sp³-hybridized carbons (Fsp3) is 0.500. The first-order valence-electron chi connectivity index (χ1n) is 3.55. The summed E-state index contributed by atoms with van der Waals surface area (Å²) in [5.74, 6) is 0. The summed E-state index contributed by atoms with van der Waals surface area (Å²) in [6.07, 6.45) is -3.44. The molecule has 5 heteroatoms. The van der Waals surface area contributed by atoms with Crippen LogP contribution in [0.3, 0.4) is 0 Å². The molecule has 0 heterocycles. The number of alkyl halides is 3. The first kappa shape index (κ1) is 11.9. The molecule has 2 nitrogen and oxygen atoms in total. The zero-order valence-corrected chi connectivity index (χ0v) is 7.57. The van der Waals surface area contributed by atoms with Crippen LogP contribution in [0.1, 0.15) is 20.8 Å². The van der Waals surface area contributed by atoms with Crippen molar-refractivity contribution in [2.45, 2.75) is 26.9 Å². The molecule has 0 atom stereocenters. The van der Waals surface area contributed by atoms with E-state index in [0.717, 1.165) is 13.0 Å². The molecule has 0 fully saturated rings. The second kappa shape index (κ2) is 4.20. The minimum atomic E-state index is -4.34. The molecule has 0 aromatic carbocycles. The van der Waals surface area contributed by atoms with Gasteiger partial charge in [0.2, 0.25) is 0 Å². The zero-order valence-electron chi connectivity index (χ0n) is 7.57. The maximum absolute atomic E-state index is 12.0. The van der Waals surface area contributed by atoms with Gasteiger partial charge < -0.3 is 0 Å². The highest BCUT2D eigenvalue weighted by Crippen LogP contribution is 2.26. The Balaban J connectivity index is 4.87. The maximum atomic E-state index is 12.0. The third-order valence-corrected chi connectivity index (χ3v) is 1.59. The number of nitroso groups, excluding NO2 is 1. The lowest BCUT2D eigenvalue weighted by Gasteiger charge is -2.06. The normalized spacial score (nSPS) is 15.4. The Morgan fingerprint density at radius 2 is 1.69 bits per heavy atom. The summed E-state index contributed by atoms with van der Waals surface area (Å²) in [6, 6.07) is 0. The van der Waals surface area contributed by atoms with E-state index in [1.165, 1.54) is 13.8 Å². The lowest BCUT2D eigenvalue weighted by atomic mass is 10.1. The van der Waals surface area contributed by atoms with Crippen LogP contribution in [0.15, 0.2) is 28.1 Å². The molecule has 0 rings (SSSR count). The lowest BCUT2D eigenvalue weighted by Crippen LogP contribution is -2.08. The van der Waals surface area contributed by atoms with Crippen molar-refractivity contribution < 1.29 is 13.2 Å². The molecule has 0 radical (unpaired) electrons. The summed E-state index contributed by atoms with van der Waals surface area (Å²) in [6.45, 7) is 3.72. The predicted octanol–water partition coefficient (Wildman–Crippen LogP) is 3.56. The molecular weight excluding hydrogens is 183 g/mol. The van der Waals surface area contributed by atoms with E-state index in [9.17, 15) is 18.1 Å². The number of allylic oxidation sites excluding steroid dienone is 4. The van der Waals surface area contributed by atoms with Crippen molar-refractivity contribution in [3.63, 3.8) is 0 Å². The molecule has 13 heavy (non-hydrogen) atoms. The second-order valence-electron chi connectivity index (χ2n) is 2.68. The summed E-state index contributed by atoms with van der Waals surface area (Å²) >= 11 is 0. The van der Waals surface area contributed by atoms with Gasteiger partial charge in [0.25, 0.3) is 0 Å². The van der Waals surface area contributed by atoms with Gasteiger partial charge in [-0.3, -0.25) is 0 Å². The van der Waals surface area contributed by atoms with Crippen LogP contribution in [0.4, 0.5) is 13.2 Å². The molecule has 0 saturated heterocycles. The molecule has 0 aromatic heterocycles. The molecule has 0 aliphatic rings. The van der Waals surface area contributed by atoms with Gasteiger partial charge in [0.15, 0.2) is 0 Å². The average Bonchev–Trinajstić information content (AvgIpc) is 2.01. The van der Waals surface area contributed by atoms with Crippen LogP contribution in [0.5, 0.6) is 0 Å². The molecule has 0 amide bonds. The second-order valence-corrected chi connectivity index (χ2v) is 2.68. The number of halogens is 3. The molecule has 0 saturated carbocycles. The summed E-state index contributed by atoms with van der Waals surface area (Å²) in [5, 5.41) is 2.54. The van der Waals surface area contributed by atoms with Crippen molar-refractivity contribution in [1.82, 2.24) is 0 Å². The number of nitrogens with zero attached hydrogens (tertiary/aromatic N) is 1. The van der Waals surface area contributed by atoms with Gasteiger partial charge in [0, 0.05) is 5.57 Å². The quantitative estimate of drug-likeness (QED) is 0.487. The highest BCUT2D eigenvalue weighted by Gasteiger charge is 2.29. The first-order valence-corrected chi connectivity index (χ1v) is 3.55. The van der Waals surface area contributed by atoms with Gasteiger partial charge in [-0.25, -0.2) is 0 Å². The van der Waals surface area contributed by atoms with E-state index < -0.39 is 11.7 Å². The number of rotatable bonds is 2. The molecule has 74 valence electrons. The van der Waals surface area contributed by atoms with Crippen molar-refractivity contribution in [1.29, 1.82) is 0 Å². The van der Waals surface area contributed by atoms with E-state index in [1.54, 1.807) is 0 Å². The first-order chi connectivity index (χ1) is 5.79. The van der Waals surface area contributed by atoms with Crippen LogP contribution < -0.4 is 0 Å². The van der Waals surface area contributed by atoms with Gasteiger partial charge in [0.1, 0.15) is 0 Å². The van der Waals surface area contributed by atoms with Crippen LogP contribution in [0, 0.1) is 4.91 Å². The van der Waals surface area contributed by atoms with Crippen LogP contribution in [0.25, 0.3) is 0 Å². The molecule has 0 aliphatic heterocycles. The Bertz CT molecular complexity index is 263. The van der Waals surface area contributed by atoms with Gasteiger partial charge in [-0.2, -0.15) is 13.2 Å². The van der Waals surface area contributed by atoms with Gasteiger partial charge >= 0.3 is 6.18 Å². The van der Waals surface area contributed by atoms with Crippen LogP contribution >= 0.6 is 0 Å². The topological polar surface area (TPSA) is 29.4 Å². The van der Waals surface area contributed by atoms with Gasteiger partial charge in [-0.05, 0) is 37.6 Å². The van der Waals surface area contributed by atoms with Gasteiger partial charge in [-0.15, -0.1) is 4.91 Å². The van der Waals surface area contributed by atoms with E-state index >= 15 is 0 Å². The fourth-order valence-electron chi connectivity index (χ4n) is 0.583. The van der Waals surface area contributed by atoms with E-state index in [0.29, 0.717) is 0 Å². The van der Waals surface area contributed by atoms with Crippen molar-refractivity contribution in [3.8, 4) is 0 Å². The molecule has 0 N–H and O–H groups in total. The highest BCUT2D eigenvalue weighted by atomic mass is 19.4. The monoisotopic (exact) mass is 193 g/mol. The summed E-state index contributed by atoms with van der Waals surface area (Å²) in [4.78, 5) is 9.96. The van der Waals surface area contributed by atoms with Crippen LogP contribution in [0.2, 0.25) is 0 Å². The molecular formula is C8H10F3NO. The average molecular weight is 193 g/mol. The fourth-order valence-corrected chi connectivity index (χ4v) is 0.583. The zero-order chi connectivity index (χ0) is 10.6. The van der Waals surface area contributed by atoms with Gasteiger partial charge in [0.05, 0.1) is 5.70 Å². The number of hydrogen-bond acceptors (Lipinski definition) is 2. The van der Waals surface area contributed by atoms with E-state index in [-0.39, 0.29) is 11.3 Å². The minimum absolute atomic E-state index is 0.0589. The Labute approximate surface area is 74.1 Å². The summed E-state index contributed by atoms with van der Waals surface area (Å²) in [5.41, 5.74) is -0.457. The summed E-state index contributed by atoms with van der Waals surface area (Å²) in [7, 11) is 0. The van der Waals surface area contributed by atoms with Crippen molar-refractivity contribution in [3.05, 3.63) is 27.8 Å². The smallest absolute Gasteiger partial charge is 0.166 e. The van der Waals surface area contributed by atoms with Crippen LogP contribution in [-0.2, 0) is 0 Å². The largest absolute Gasteiger partial charge is 0.412 e. The third kappa shape index (κ3) is 3.87. The van der Waals surface area contributed by atoms with E-state index in [2.05, 4.69) is 5.18 Å². The van der Waals surface area contributed by atoms with Crippen molar-refractivity contribution in [2.75, 3.05) is 0 Å². The van der Waals surface area contributed by atoms with E-state index in [1.807, 2.05) is 0 Å². The Morgan fingerprint density at radius 3 is 2.00 bits per heavy atom. The minimum Gasteiger partial charge on any atom is -0.166 e. The molecule has 0 aliphatic carbocycles. The van der Waals surface area contributed by atoms with E-state index in [4.69, 9.17) is 0 Å². The summed E-state index contributed by atoms with van der Waals surface area (Å²) < 4.78 is 35.9. The molecule has 0 unspecified atom stereocenters. The Hall–Kier alpha value is -1.13. The Kier molecular flexibility index (Phi) is 3.84. The van der Waals surface area contributed by atoms with Crippen molar-refractivity contribution in [2.24, 2.45) is 5.18 Å². The lowest BCUT2D eigenvalue weighted by molar-refractivity contribution is -0.0913. The molecule has 0 bridgehead atoms. The van der Waals surface area contributed by atoms with Gasteiger partial charge in [-0.1, -0.05) is 0 Å². The SMILES string of the molecule is CC(/C=C(\C)C(F)(F)F)=C(\C)N=O. The number of hydrogen-bond donors (Lipinski definition) is 0. The standard InChI is InChI=1S/C8H10F3NO/c1-5(7(3)12-13)4-6(2)8(9,10)11/h4H,1-3H3/b6-4+,7-5-. The predicted molar refractivity (Wildman–Crippen MR) is 44.0 cm³/mol.